The number of rotatable bonds is 6. The Morgan fingerprint density at radius 2 is 1.39 bits per heavy atom. The fourth-order valence-corrected chi connectivity index (χ4v) is 4.04. The van der Waals surface area contributed by atoms with Crippen LogP contribution in [-0.4, -0.2) is 47.0 Å². The maximum atomic E-state index is 12.4. The van der Waals surface area contributed by atoms with Crippen LogP contribution in [0.3, 0.4) is 0 Å². The smallest absolute Gasteiger partial charge is 0.267 e. The van der Waals surface area contributed by atoms with Crippen molar-refractivity contribution in [2.24, 2.45) is 0 Å². The Balaban J connectivity index is 1.34. The van der Waals surface area contributed by atoms with Gasteiger partial charge >= 0.3 is 0 Å². The van der Waals surface area contributed by atoms with Crippen molar-refractivity contribution in [3.63, 3.8) is 0 Å². The SMILES string of the molecule is Cc1cc(=O)n(CCCN2CCN(c3ccccc3)CC2)n1-c1ccccc1. The van der Waals surface area contributed by atoms with E-state index in [1.54, 1.807) is 6.07 Å². The second kappa shape index (κ2) is 8.48. The lowest BCUT2D eigenvalue weighted by Gasteiger charge is -2.36. The lowest BCUT2D eigenvalue weighted by molar-refractivity contribution is 0.247. The summed E-state index contributed by atoms with van der Waals surface area (Å²) >= 11 is 0. The van der Waals surface area contributed by atoms with Crippen LogP contribution in [0.2, 0.25) is 0 Å². The minimum Gasteiger partial charge on any atom is -0.369 e. The molecule has 2 heterocycles. The first kappa shape index (κ1) is 18.6. The molecule has 0 amide bonds. The third-order valence-electron chi connectivity index (χ3n) is 5.50. The molecule has 0 atom stereocenters. The zero-order valence-electron chi connectivity index (χ0n) is 16.5. The largest absolute Gasteiger partial charge is 0.369 e. The maximum Gasteiger partial charge on any atom is 0.267 e. The zero-order chi connectivity index (χ0) is 19.3. The first-order valence-corrected chi connectivity index (χ1v) is 10.1. The van der Waals surface area contributed by atoms with Gasteiger partial charge in [-0.05, 0) is 37.6 Å². The molecule has 146 valence electrons. The maximum absolute atomic E-state index is 12.4. The van der Waals surface area contributed by atoms with Crippen LogP contribution < -0.4 is 10.5 Å². The molecule has 0 spiro atoms. The van der Waals surface area contributed by atoms with E-state index in [0.717, 1.165) is 57.1 Å². The number of hydrogen-bond acceptors (Lipinski definition) is 3. The third-order valence-corrected chi connectivity index (χ3v) is 5.50. The highest BCUT2D eigenvalue weighted by Gasteiger charge is 2.17. The quantitative estimate of drug-likeness (QED) is 0.663. The molecule has 0 bridgehead atoms. The summed E-state index contributed by atoms with van der Waals surface area (Å²) < 4.78 is 3.90. The van der Waals surface area contributed by atoms with Crippen molar-refractivity contribution in [1.29, 1.82) is 0 Å². The highest BCUT2D eigenvalue weighted by atomic mass is 16.1. The predicted octanol–water partition coefficient (Wildman–Crippen LogP) is 3.16. The van der Waals surface area contributed by atoms with Gasteiger partial charge in [0.2, 0.25) is 0 Å². The van der Waals surface area contributed by atoms with Gasteiger partial charge in [0.1, 0.15) is 0 Å². The number of nitrogens with zero attached hydrogens (tertiary/aromatic N) is 4. The molecule has 0 saturated carbocycles. The molecule has 0 unspecified atom stereocenters. The van der Waals surface area contributed by atoms with E-state index < -0.39 is 0 Å². The molecular formula is C23H28N4O. The van der Waals surface area contributed by atoms with Crippen LogP contribution in [0.25, 0.3) is 5.69 Å². The Labute approximate surface area is 166 Å². The topological polar surface area (TPSA) is 33.4 Å². The highest BCUT2D eigenvalue weighted by molar-refractivity contribution is 5.46. The molecule has 0 aliphatic carbocycles. The molecule has 1 aliphatic rings. The number of anilines is 1. The number of hydrogen-bond donors (Lipinski definition) is 0. The van der Waals surface area contributed by atoms with Crippen LogP contribution in [0.5, 0.6) is 0 Å². The standard InChI is InChI=1S/C23H28N4O/c1-20-19-23(28)26(27(20)22-11-6-3-7-12-22)14-8-13-24-15-17-25(18-16-24)21-9-4-2-5-10-21/h2-7,9-12,19H,8,13-18H2,1H3. The average Bonchev–Trinajstić information content (AvgIpc) is 3.03. The third kappa shape index (κ3) is 4.04. The molecule has 2 aromatic carbocycles. The van der Waals surface area contributed by atoms with Crippen LogP contribution >= 0.6 is 0 Å². The minimum absolute atomic E-state index is 0.0789. The van der Waals surface area contributed by atoms with Crippen molar-refractivity contribution >= 4 is 5.69 Å². The molecule has 5 heteroatoms. The van der Waals surface area contributed by atoms with E-state index in [1.807, 2.05) is 46.6 Å². The van der Waals surface area contributed by atoms with Crippen molar-refractivity contribution in [2.75, 3.05) is 37.6 Å². The van der Waals surface area contributed by atoms with E-state index in [0.29, 0.717) is 0 Å². The molecule has 1 fully saturated rings. The summed E-state index contributed by atoms with van der Waals surface area (Å²) in [4.78, 5) is 17.4. The van der Waals surface area contributed by atoms with Gasteiger partial charge in [-0.25, -0.2) is 4.68 Å². The van der Waals surface area contributed by atoms with Gasteiger partial charge < -0.3 is 4.90 Å². The Bertz CT molecular complexity index is 938. The van der Waals surface area contributed by atoms with Gasteiger partial charge in [0, 0.05) is 56.7 Å². The number of aromatic nitrogens is 2. The number of aryl methyl sites for hydroxylation is 1. The van der Waals surface area contributed by atoms with Crippen LogP contribution in [-0.2, 0) is 6.54 Å². The van der Waals surface area contributed by atoms with Crippen molar-refractivity contribution in [1.82, 2.24) is 14.3 Å². The van der Waals surface area contributed by atoms with E-state index in [1.165, 1.54) is 5.69 Å². The molecule has 1 saturated heterocycles. The molecule has 1 aromatic heterocycles. The van der Waals surface area contributed by atoms with Gasteiger partial charge in [-0.15, -0.1) is 0 Å². The van der Waals surface area contributed by atoms with Gasteiger partial charge in [-0.2, -0.15) is 0 Å². The fourth-order valence-electron chi connectivity index (χ4n) is 4.04. The van der Waals surface area contributed by atoms with Crippen molar-refractivity contribution in [3.8, 4) is 5.69 Å². The summed E-state index contributed by atoms with van der Waals surface area (Å²) in [5.74, 6) is 0. The van der Waals surface area contributed by atoms with Crippen LogP contribution in [0.15, 0.2) is 71.5 Å². The average molecular weight is 377 g/mol. The second-order valence-corrected chi connectivity index (χ2v) is 7.41. The van der Waals surface area contributed by atoms with Gasteiger partial charge in [-0.1, -0.05) is 36.4 Å². The zero-order valence-corrected chi connectivity index (χ0v) is 16.5. The monoisotopic (exact) mass is 376 g/mol. The molecule has 3 aromatic rings. The highest BCUT2D eigenvalue weighted by Crippen LogP contribution is 2.16. The number of benzene rings is 2. The van der Waals surface area contributed by atoms with Gasteiger partial charge in [0.25, 0.3) is 5.56 Å². The molecule has 5 nitrogen and oxygen atoms in total. The molecule has 1 aliphatic heterocycles. The summed E-state index contributed by atoms with van der Waals surface area (Å²) in [6.45, 7) is 8.01. The summed E-state index contributed by atoms with van der Waals surface area (Å²) in [5, 5.41) is 0. The Morgan fingerprint density at radius 3 is 2.04 bits per heavy atom. The van der Waals surface area contributed by atoms with Gasteiger partial charge in [0.15, 0.2) is 0 Å². The number of piperazine rings is 1. The Morgan fingerprint density at radius 1 is 0.786 bits per heavy atom. The lowest BCUT2D eigenvalue weighted by atomic mass is 10.2. The minimum atomic E-state index is 0.0789. The summed E-state index contributed by atoms with van der Waals surface area (Å²) in [7, 11) is 0. The Kier molecular flexibility index (Phi) is 5.63. The first-order chi connectivity index (χ1) is 13.7. The summed E-state index contributed by atoms with van der Waals surface area (Å²) in [6, 6.07) is 22.5. The molecule has 28 heavy (non-hydrogen) atoms. The molecule has 4 rings (SSSR count). The summed E-state index contributed by atoms with van der Waals surface area (Å²) in [5.41, 5.74) is 3.41. The lowest BCUT2D eigenvalue weighted by Crippen LogP contribution is -2.46. The van der Waals surface area contributed by atoms with E-state index in [9.17, 15) is 4.79 Å². The fraction of sp³-hybridized carbons (Fsp3) is 0.348. The first-order valence-electron chi connectivity index (χ1n) is 10.1. The molecule has 0 radical (unpaired) electrons. The van der Waals surface area contributed by atoms with Crippen LogP contribution in [0, 0.1) is 6.92 Å². The normalized spacial score (nSPS) is 15.1. The van der Waals surface area contributed by atoms with Gasteiger partial charge in [-0.3, -0.25) is 14.4 Å². The summed E-state index contributed by atoms with van der Waals surface area (Å²) in [6.07, 6.45) is 0.974. The van der Waals surface area contributed by atoms with Crippen molar-refractivity contribution < 1.29 is 0 Å². The Hall–Kier alpha value is -2.79. The van der Waals surface area contributed by atoms with E-state index in [-0.39, 0.29) is 5.56 Å². The van der Waals surface area contributed by atoms with Gasteiger partial charge in [0.05, 0.1) is 5.69 Å². The second-order valence-electron chi connectivity index (χ2n) is 7.41. The molecule has 0 N–H and O–H groups in total. The van der Waals surface area contributed by atoms with Crippen molar-refractivity contribution in [2.45, 2.75) is 19.9 Å². The number of para-hydroxylation sites is 2. The van der Waals surface area contributed by atoms with E-state index in [4.69, 9.17) is 0 Å². The van der Waals surface area contributed by atoms with Crippen molar-refractivity contribution in [3.05, 3.63) is 82.8 Å². The van der Waals surface area contributed by atoms with E-state index >= 15 is 0 Å². The van der Waals surface area contributed by atoms with Crippen LogP contribution in [0.4, 0.5) is 5.69 Å². The van der Waals surface area contributed by atoms with Crippen LogP contribution in [0.1, 0.15) is 12.1 Å². The molecular weight excluding hydrogens is 348 g/mol. The predicted molar refractivity (Wildman–Crippen MR) is 114 cm³/mol. The van der Waals surface area contributed by atoms with E-state index in [2.05, 4.69) is 40.1 Å².